The molecule has 7 heteroatoms. The molecule has 1 fully saturated rings. The molecule has 0 aliphatic carbocycles. The SMILES string of the molecule is COc1c(Cl)cc(C(=O)N2CCC[C@@H](C(=O)O)C2)cc1Cl. The lowest BCUT2D eigenvalue weighted by Crippen LogP contribution is -2.42. The van der Waals surface area contributed by atoms with Crippen LogP contribution < -0.4 is 4.74 Å². The van der Waals surface area contributed by atoms with Gasteiger partial charge in [-0.3, -0.25) is 9.59 Å². The third-order valence-corrected chi connectivity index (χ3v) is 4.07. The third-order valence-electron chi connectivity index (χ3n) is 3.51. The highest BCUT2D eigenvalue weighted by atomic mass is 35.5. The van der Waals surface area contributed by atoms with Gasteiger partial charge >= 0.3 is 5.97 Å². The Hall–Kier alpha value is -1.46. The number of benzene rings is 1. The summed E-state index contributed by atoms with van der Waals surface area (Å²) in [6.07, 6.45) is 1.25. The summed E-state index contributed by atoms with van der Waals surface area (Å²) in [4.78, 5) is 25.0. The van der Waals surface area contributed by atoms with Gasteiger partial charge in [0, 0.05) is 18.7 Å². The minimum Gasteiger partial charge on any atom is -0.494 e. The first-order valence-corrected chi connectivity index (χ1v) is 7.24. The molecule has 1 aromatic carbocycles. The van der Waals surface area contributed by atoms with Crippen molar-refractivity contribution < 1.29 is 19.4 Å². The topological polar surface area (TPSA) is 66.8 Å². The lowest BCUT2D eigenvalue weighted by Gasteiger charge is -2.30. The van der Waals surface area contributed by atoms with E-state index in [1.165, 1.54) is 24.1 Å². The van der Waals surface area contributed by atoms with Crippen LogP contribution >= 0.6 is 23.2 Å². The molecule has 114 valence electrons. The molecule has 0 saturated carbocycles. The van der Waals surface area contributed by atoms with E-state index in [1.807, 2.05) is 0 Å². The van der Waals surface area contributed by atoms with Crippen molar-refractivity contribution in [2.45, 2.75) is 12.8 Å². The van der Waals surface area contributed by atoms with E-state index in [-0.39, 0.29) is 22.5 Å². The van der Waals surface area contributed by atoms with Crippen LogP contribution in [0, 0.1) is 5.92 Å². The fourth-order valence-electron chi connectivity index (χ4n) is 2.42. The molecule has 1 heterocycles. The molecule has 21 heavy (non-hydrogen) atoms. The number of rotatable bonds is 3. The van der Waals surface area contributed by atoms with Crippen molar-refractivity contribution >= 4 is 35.1 Å². The van der Waals surface area contributed by atoms with Gasteiger partial charge in [-0.1, -0.05) is 23.2 Å². The molecule has 0 unspecified atom stereocenters. The molecular formula is C14H15Cl2NO4. The largest absolute Gasteiger partial charge is 0.494 e. The number of methoxy groups -OCH3 is 1. The number of aliphatic carboxylic acids is 1. The van der Waals surface area contributed by atoms with Gasteiger partial charge in [0.2, 0.25) is 0 Å². The van der Waals surface area contributed by atoms with E-state index in [0.717, 1.165) is 0 Å². The number of piperidine rings is 1. The Kier molecular flexibility index (Phi) is 4.96. The van der Waals surface area contributed by atoms with Crippen LogP contribution in [0.5, 0.6) is 5.75 Å². The lowest BCUT2D eigenvalue weighted by molar-refractivity contribution is -0.143. The maximum atomic E-state index is 12.4. The van der Waals surface area contributed by atoms with Gasteiger partial charge in [-0.05, 0) is 25.0 Å². The van der Waals surface area contributed by atoms with Gasteiger partial charge in [-0.25, -0.2) is 0 Å². The fraction of sp³-hybridized carbons (Fsp3) is 0.429. The van der Waals surface area contributed by atoms with Crippen LogP contribution in [0.3, 0.4) is 0 Å². The lowest BCUT2D eigenvalue weighted by atomic mass is 9.97. The summed E-state index contributed by atoms with van der Waals surface area (Å²) in [5.41, 5.74) is 0.330. The van der Waals surface area contributed by atoms with Gasteiger partial charge in [0.1, 0.15) is 0 Å². The average molecular weight is 332 g/mol. The standard InChI is InChI=1S/C14H15Cl2NO4/c1-21-12-10(15)5-9(6-11(12)16)13(18)17-4-2-3-8(7-17)14(19)20/h5-6,8H,2-4,7H2,1H3,(H,19,20)/t8-/m1/s1. The molecule has 1 amide bonds. The predicted octanol–water partition coefficient (Wildman–Crippen LogP) is 2.94. The second-order valence-electron chi connectivity index (χ2n) is 4.90. The first-order valence-electron chi connectivity index (χ1n) is 6.49. The van der Waals surface area contributed by atoms with Crippen molar-refractivity contribution in [2.75, 3.05) is 20.2 Å². The van der Waals surface area contributed by atoms with Crippen LogP contribution in [0.4, 0.5) is 0 Å². The number of hydrogen-bond donors (Lipinski definition) is 1. The molecule has 1 aliphatic heterocycles. The van der Waals surface area contributed by atoms with E-state index in [4.69, 9.17) is 33.0 Å². The fourth-order valence-corrected chi connectivity index (χ4v) is 3.07. The molecule has 0 aromatic heterocycles. The van der Waals surface area contributed by atoms with Crippen LogP contribution in [-0.4, -0.2) is 42.1 Å². The zero-order chi connectivity index (χ0) is 15.6. The number of hydrogen-bond acceptors (Lipinski definition) is 3. The van der Waals surface area contributed by atoms with Gasteiger partial charge in [0.25, 0.3) is 5.91 Å². The number of likely N-dealkylation sites (tertiary alicyclic amines) is 1. The Labute approximate surface area is 132 Å². The Morgan fingerprint density at radius 3 is 2.48 bits per heavy atom. The summed E-state index contributed by atoms with van der Waals surface area (Å²) in [6, 6.07) is 2.97. The monoisotopic (exact) mass is 331 g/mol. The molecule has 0 bridgehead atoms. The van der Waals surface area contributed by atoms with E-state index < -0.39 is 11.9 Å². The Bertz CT molecular complexity index is 553. The summed E-state index contributed by atoms with van der Waals surface area (Å²) in [6.45, 7) is 0.735. The molecule has 5 nitrogen and oxygen atoms in total. The van der Waals surface area contributed by atoms with Crippen molar-refractivity contribution in [3.8, 4) is 5.75 Å². The van der Waals surface area contributed by atoms with Crippen LogP contribution in [0.1, 0.15) is 23.2 Å². The highest BCUT2D eigenvalue weighted by Gasteiger charge is 2.29. The first-order chi connectivity index (χ1) is 9.93. The molecule has 1 N–H and O–H groups in total. The number of amides is 1. The molecular weight excluding hydrogens is 317 g/mol. The van der Waals surface area contributed by atoms with Crippen molar-refractivity contribution in [3.63, 3.8) is 0 Å². The summed E-state index contributed by atoms with van der Waals surface area (Å²) >= 11 is 12.0. The molecule has 2 rings (SSSR count). The van der Waals surface area contributed by atoms with Crippen LogP contribution in [0.2, 0.25) is 10.0 Å². The Morgan fingerprint density at radius 1 is 1.33 bits per heavy atom. The zero-order valence-corrected chi connectivity index (χ0v) is 12.9. The van der Waals surface area contributed by atoms with Crippen LogP contribution in [0.15, 0.2) is 12.1 Å². The first kappa shape index (κ1) is 15.9. The van der Waals surface area contributed by atoms with Gasteiger partial charge < -0.3 is 14.7 Å². The zero-order valence-electron chi connectivity index (χ0n) is 11.4. The second kappa shape index (κ2) is 6.54. The van der Waals surface area contributed by atoms with Crippen molar-refractivity contribution in [1.82, 2.24) is 4.90 Å². The quantitative estimate of drug-likeness (QED) is 0.924. The molecule has 1 aliphatic rings. The minimum absolute atomic E-state index is 0.204. The average Bonchev–Trinajstić information content (AvgIpc) is 2.46. The summed E-state index contributed by atoms with van der Waals surface area (Å²) in [7, 11) is 1.44. The Morgan fingerprint density at radius 2 is 1.95 bits per heavy atom. The normalized spacial score (nSPS) is 18.4. The number of carbonyl (C=O) groups excluding carboxylic acids is 1. The summed E-state index contributed by atoms with van der Waals surface area (Å²) < 4.78 is 5.04. The van der Waals surface area contributed by atoms with E-state index in [9.17, 15) is 9.59 Å². The highest BCUT2D eigenvalue weighted by Crippen LogP contribution is 2.34. The van der Waals surface area contributed by atoms with Crippen molar-refractivity contribution in [1.29, 1.82) is 0 Å². The smallest absolute Gasteiger partial charge is 0.308 e. The number of carbonyl (C=O) groups is 2. The number of nitrogens with zero attached hydrogens (tertiary/aromatic N) is 1. The van der Waals surface area contributed by atoms with E-state index in [1.54, 1.807) is 0 Å². The molecule has 1 saturated heterocycles. The van der Waals surface area contributed by atoms with Gasteiger partial charge in [0.05, 0.1) is 23.1 Å². The number of carboxylic acid groups (broad SMARTS) is 1. The van der Waals surface area contributed by atoms with Crippen molar-refractivity contribution in [3.05, 3.63) is 27.7 Å². The maximum absolute atomic E-state index is 12.4. The van der Waals surface area contributed by atoms with Crippen LogP contribution in [0.25, 0.3) is 0 Å². The number of carboxylic acids is 1. The van der Waals surface area contributed by atoms with Gasteiger partial charge in [-0.15, -0.1) is 0 Å². The number of ether oxygens (including phenoxy) is 1. The number of halogens is 2. The van der Waals surface area contributed by atoms with Crippen molar-refractivity contribution in [2.24, 2.45) is 5.92 Å². The predicted molar refractivity (Wildman–Crippen MR) is 79.3 cm³/mol. The third kappa shape index (κ3) is 3.41. The summed E-state index contributed by atoms with van der Waals surface area (Å²) in [5.74, 6) is -1.35. The van der Waals surface area contributed by atoms with E-state index in [0.29, 0.717) is 30.7 Å². The molecule has 1 atom stereocenters. The Balaban J connectivity index is 2.22. The van der Waals surface area contributed by atoms with E-state index in [2.05, 4.69) is 0 Å². The maximum Gasteiger partial charge on any atom is 0.308 e. The van der Waals surface area contributed by atoms with Crippen LogP contribution in [-0.2, 0) is 4.79 Å². The van der Waals surface area contributed by atoms with Gasteiger partial charge in [-0.2, -0.15) is 0 Å². The second-order valence-corrected chi connectivity index (χ2v) is 5.72. The molecule has 0 radical (unpaired) electrons. The molecule has 0 spiro atoms. The highest BCUT2D eigenvalue weighted by molar-refractivity contribution is 6.37. The minimum atomic E-state index is -0.877. The van der Waals surface area contributed by atoms with E-state index >= 15 is 0 Å². The van der Waals surface area contributed by atoms with Gasteiger partial charge in [0.15, 0.2) is 5.75 Å². The summed E-state index contributed by atoms with van der Waals surface area (Å²) in [5, 5.41) is 9.57. The molecule has 1 aromatic rings.